The Morgan fingerprint density at radius 3 is 0.756 bits per heavy atom. The summed E-state index contributed by atoms with van der Waals surface area (Å²) < 4.78 is 10.8. The van der Waals surface area contributed by atoms with Crippen molar-refractivity contribution >= 4 is 11.9 Å². The molecule has 0 saturated heterocycles. The smallest absolute Gasteiger partial charge is 0.306 e. The largest absolute Gasteiger partial charge is 0.462 e. The maximum Gasteiger partial charge on any atom is 0.306 e. The summed E-state index contributed by atoms with van der Waals surface area (Å²) in [5.41, 5.74) is 0. The average Bonchev–Trinajstić information content (AvgIpc) is 3.54. The molecule has 86 heavy (non-hydrogen) atoms. The highest BCUT2D eigenvalue weighted by atomic mass is 16.6. The lowest BCUT2D eigenvalue weighted by Gasteiger charge is -2.15. The van der Waals surface area contributed by atoms with Gasteiger partial charge in [-0.3, -0.25) is 9.59 Å². The van der Waals surface area contributed by atoms with Crippen LogP contribution in [0.3, 0.4) is 0 Å². The molecule has 0 rings (SSSR count). The van der Waals surface area contributed by atoms with Gasteiger partial charge in [0.15, 0.2) is 6.10 Å². The van der Waals surface area contributed by atoms with Gasteiger partial charge in [-0.05, 0) is 128 Å². The van der Waals surface area contributed by atoms with Crippen LogP contribution >= 0.6 is 0 Å². The fourth-order valence-corrected chi connectivity index (χ4v) is 9.95. The SMILES string of the molecule is CC/C=C\C/C=C\C/C=C\C/C=C\C/C=C\C/C=C\C/C=C\C/C=C\C/C=C\C/C=C\CCCCCCCCCCCCC(=O)OC(CO)COC(=O)CCCCCCCCCCCCCCCCCC/C=C\C/C=C\C/C=C\CCCCCCC. The van der Waals surface area contributed by atoms with Crippen LogP contribution in [-0.2, 0) is 19.1 Å². The predicted molar refractivity (Wildman–Crippen MR) is 380 cm³/mol. The van der Waals surface area contributed by atoms with E-state index < -0.39 is 6.10 Å². The molecule has 0 aliphatic heterocycles. The fraction of sp³-hybridized carbons (Fsp3) is 0.654. The van der Waals surface area contributed by atoms with Gasteiger partial charge >= 0.3 is 11.9 Å². The van der Waals surface area contributed by atoms with E-state index in [4.69, 9.17) is 9.47 Å². The molecular formula is C81H134O5. The Morgan fingerprint density at radius 2 is 0.500 bits per heavy atom. The third-order valence-electron chi connectivity index (χ3n) is 15.3. The van der Waals surface area contributed by atoms with Crippen molar-refractivity contribution in [3.05, 3.63) is 158 Å². The second-order valence-electron chi connectivity index (χ2n) is 23.6. The van der Waals surface area contributed by atoms with Crippen LogP contribution in [0, 0.1) is 0 Å². The zero-order valence-electron chi connectivity index (χ0n) is 56.0. The number of ether oxygens (including phenoxy) is 2. The van der Waals surface area contributed by atoms with E-state index in [0.717, 1.165) is 116 Å². The van der Waals surface area contributed by atoms with Gasteiger partial charge in [0.05, 0.1) is 6.61 Å². The van der Waals surface area contributed by atoms with E-state index in [1.54, 1.807) is 0 Å². The van der Waals surface area contributed by atoms with E-state index >= 15 is 0 Å². The molecule has 0 aromatic heterocycles. The molecule has 5 nitrogen and oxygen atoms in total. The first-order valence-electron chi connectivity index (χ1n) is 36.0. The summed E-state index contributed by atoms with van der Waals surface area (Å²) in [7, 11) is 0. The molecule has 0 aliphatic rings. The molecule has 0 aliphatic carbocycles. The third kappa shape index (κ3) is 72.0. The number of aliphatic hydroxyl groups excluding tert-OH is 1. The van der Waals surface area contributed by atoms with Crippen molar-refractivity contribution in [3.8, 4) is 0 Å². The van der Waals surface area contributed by atoms with Crippen LogP contribution in [0.4, 0.5) is 0 Å². The molecule has 488 valence electrons. The van der Waals surface area contributed by atoms with Gasteiger partial charge in [-0.2, -0.15) is 0 Å². The summed E-state index contributed by atoms with van der Waals surface area (Å²) >= 11 is 0. The van der Waals surface area contributed by atoms with Crippen LogP contribution < -0.4 is 0 Å². The van der Waals surface area contributed by atoms with Crippen LogP contribution in [0.15, 0.2) is 158 Å². The molecule has 0 radical (unpaired) electrons. The number of unbranched alkanes of at least 4 members (excludes halogenated alkanes) is 31. The lowest BCUT2D eigenvalue weighted by Crippen LogP contribution is -2.28. The van der Waals surface area contributed by atoms with Crippen LogP contribution in [0.25, 0.3) is 0 Å². The number of carbonyl (C=O) groups excluding carboxylic acids is 2. The molecule has 5 heteroatoms. The van der Waals surface area contributed by atoms with Crippen molar-refractivity contribution in [3.63, 3.8) is 0 Å². The summed E-state index contributed by atoms with van der Waals surface area (Å²) in [5.74, 6) is -0.594. The van der Waals surface area contributed by atoms with E-state index in [2.05, 4.69) is 172 Å². The molecular weight excluding hydrogens is 1050 g/mol. The van der Waals surface area contributed by atoms with Crippen molar-refractivity contribution in [2.45, 2.75) is 328 Å². The number of allylic oxidation sites excluding steroid dienone is 26. The Bertz CT molecular complexity index is 1830. The number of hydrogen-bond donors (Lipinski definition) is 1. The highest BCUT2D eigenvalue weighted by Crippen LogP contribution is 2.17. The van der Waals surface area contributed by atoms with Crippen molar-refractivity contribution in [1.29, 1.82) is 0 Å². The van der Waals surface area contributed by atoms with Crippen molar-refractivity contribution in [2.24, 2.45) is 0 Å². The summed E-state index contributed by atoms with van der Waals surface area (Å²) in [6.45, 7) is 4.03. The first-order chi connectivity index (χ1) is 42.6. The summed E-state index contributed by atoms with van der Waals surface area (Å²) in [6, 6.07) is 0. The number of rotatable bonds is 65. The Balaban J connectivity index is 3.54. The first kappa shape index (κ1) is 81.5. The van der Waals surface area contributed by atoms with Crippen LogP contribution in [-0.4, -0.2) is 36.4 Å². The lowest BCUT2D eigenvalue weighted by molar-refractivity contribution is -0.161. The highest BCUT2D eigenvalue weighted by molar-refractivity contribution is 5.70. The number of carbonyl (C=O) groups is 2. The van der Waals surface area contributed by atoms with E-state index in [-0.39, 0.29) is 25.2 Å². The maximum atomic E-state index is 12.4. The van der Waals surface area contributed by atoms with E-state index in [0.29, 0.717) is 12.8 Å². The number of hydrogen-bond acceptors (Lipinski definition) is 5. The van der Waals surface area contributed by atoms with Crippen LogP contribution in [0.5, 0.6) is 0 Å². The van der Waals surface area contributed by atoms with Gasteiger partial charge in [-0.15, -0.1) is 0 Å². The first-order valence-corrected chi connectivity index (χ1v) is 36.0. The Hall–Kier alpha value is -4.48. The zero-order chi connectivity index (χ0) is 61.9. The van der Waals surface area contributed by atoms with Crippen molar-refractivity contribution in [2.75, 3.05) is 13.2 Å². The minimum atomic E-state index is -0.786. The second kappa shape index (κ2) is 74.8. The van der Waals surface area contributed by atoms with Gasteiger partial charge in [-0.25, -0.2) is 0 Å². The normalized spacial score (nSPS) is 13.2. The topological polar surface area (TPSA) is 72.8 Å². The minimum absolute atomic E-state index is 0.0734. The van der Waals surface area contributed by atoms with E-state index in [9.17, 15) is 14.7 Å². The molecule has 0 aromatic rings. The summed E-state index contributed by atoms with van der Waals surface area (Å²) in [5, 5.41) is 9.71. The Morgan fingerprint density at radius 1 is 0.279 bits per heavy atom. The summed E-state index contributed by atoms with van der Waals surface area (Å²) in [6.07, 6.45) is 114. The van der Waals surface area contributed by atoms with Gasteiger partial charge < -0.3 is 14.6 Å². The zero-order valence-corrected chi connectivity index (χ0v) is 56.0. The Labute approximate surface area is 532 Å². The summed E-state index contributed by atoms with van der Waals surface area (Å²) in [4.78, 5) is 24.7. The van der Waals surface area contributed by atoms with Crippen molar-refractivity contribution < 1.29 is 24.2 Å². The fourth-order valence-electron chi connectivity index (χ4n) is 9.95. The molecule has 0 aromatic carbocycles. The Kier molecular flexibility index (Phi) is 70.9. The van der Waals surface area contributed by atoms with Crippen LogP contribution in [0.1, 0.15) is 322 Å². The van der Waals surface area contributed by atoms with Gasteiger partial charge in [0, 0.05) is 12.8 Å². The molecule has 1 atom stereocenters. The minimum Gasteiger partial charge on any atom is -0.462 e. The highest BCUT2D eigenvalue weighted by Gasteiger charge is 2.16. The molecule has 0 saturated carbocycles. The second-order valence-corrected chi connectivity index (χ2v) is 23.6. The third-order valence-corrected chi connectivity index (χ3v) is 15.3. The monoisotopic (exact) mass is 1190 g/mol. The number of aliphatic hydroxyl groups is 1. The van der Waals surface area contributed by atoms with E-state index in [1.807, 2.05) is 0 Å². The standard InChI is InChI=1S/C81H134O5/c1-3-5-7-9-11-13-15-17-19-21-23-25-27-29-31-33-35-36-37-38-39-40-41-42-43-44-46-48-50-52-54-56-58-60-62-64-66-68-70-72-74-76-81(84)86-79(77-82)78-85-80(83)75-73-71-69-67-65-63-61-59-57-55-53-51-49-47-45-34-32-30-28-26-24-22-20-18-16-14-12-10-8-6-4-2/h5,7,11,13,16-19,22-25,28-31,35-36,38-39,41-42,44,46,50,52,79,82H,3-4,6,8-10,12,14-15,20-21,26-27,32-34,37,40,43,45,47-49,51,53-78H2,1-2H3/b7-5-,13-11-,18-16-,19-17-,24-22-,25-23-,30-28-,31-29-,36-35-,39-38-,42-41-,46-44-,52-50-. The quantitative estimate of drug-likeness (QED) is 0.0373. The van der Waals surface area contributed by atoms with Gasteiger partial charge in [0.25, 0.3) is 0 Å². The van der Waals surface area contributed by atoms with Gasteiger partial charge in [-0.1, -0.05) is 339 Å². The lowest BCUT2D eigenvalue weighted by atomic mass is 10.0. The van der Waals surface area contributed by atoms with Crippen molar-refractivity contribution in [1.82, 2.24) is 0 Å². The number of esters is 2. The predicted octanol–water partition coefficient (Wildman–Crippen LogP) is 25.4. The average molecular weight is 1190 g/mol. The molecule has 1 N–H and O–H groups in total. The molecule has 0 heterocycles. The molecule has 0 bridgehead atoms. The molecule has 0 amide bonds. The van der Waals surface area contributed by atoms with Crippen LogP contribution in [0.2, 0.25) is 0 Å². The molecule has 1 unspecified atom stereocenters. The maximum absolute atomic E-state index is 12.4. The molecule has 0 fully saturated rings. The van der Waals surface area contributed by atoms with Gasteiger partial charge in [0.2, 0.25) is 0 Å². The van der Waals surface area contributed by atoms with E-state index in [1.165, 1.54) is 180 Å². The van der Waals surface area contributed by atoms with Gasteiger partial charge in [0.1, 0.15) is 6.61 Å². The molecule has 0 spiro atoms.